The zero-order valence-electron chi connectivity index (χ0n) is 13.1. The molecule has 3 heteroatoms. The van der Waals surface area contributed by atoms with E-state index in [4.69, 9.17) is 10.6 Å². The lowest BCUT2D eigenvalue weighted by atomic mass is 9.95. The van der Waals surface area contributed by atoms with Gasteiger partial charge in [0.05, 0.1) is 12.2 Å². The van der Waals surface area contributed by atoms with Crippen molar-refractivity contribution in [3.8, 4) is 0 Å². The molecular weight excluding hydrogens is 236 g/mol. The summed E-state index contributed by atoms with van der Waals surface area (Å²) in [5, 5.41) is 0. The Morgan fingerprint density at radius 1 is 1.16 bits per heavy atom. The van der Waals surface area contributed by atoms with Crippen LogP contribution in [0.5, 0.6) is 0 Å². The van der Waals surface area contributed by atoms with Crippen molar-refractivity contribution in [2.24, 2.45) is 5.84 Å². The molecule has 0 amide bonds. The molecule has 1 unspecified atom stereocenters. The number of nitrogens with one attached hydrogen (secondary N) is 1. The number of hydrogen-bond donors (Lipinski definition) is 2. The van der Waals surface area contributed by atoms with Gasteiger partial charge in [-0.3, -0.25) is 11.3 Å². The highest BCUT2D eigenvalue weighted by atomic mass is 16.5. The second-order valence-electron chi connectivity index (χ2n) is 6.37. The minimum atomic E-state index is -0.132. The molecule has 0 aliphatic carbocycles. The van der Waals surface area contributed by atoms with Gasteiger partial charge in [-0.2, -0.15) is 0 Å². The molecule has 0 spiro atoms. The predicted molar refractivity (Wildman–Crippen MR) is 81.2 cm³/mol. The van der Waals surface area contributed by atoms with E-state index in [0.29, 0.717) is 6.61 Å². The summed E-state index contributed by atoms with van der Waals surface area (Å²) < 4.78 is 5.82. The van der Waals surface area contributed by atoms with Crippen LogP contribution in [-0.4, -0.2) is 18.2 Å². The lowest BCUT2D eigenvalue weighted by molar-refractivity contribution is -0.0143. The van der Waals surface area contributed by atoms with Crippen LogP contribution >= 0.6 is 0 Å². The van der Waals surface area contributed by atoms with E-state index >= 15 is 0 Å². The largest absolute Gasteiger partial charge is 0.374 e. The first-order valence-electron chi connectivity index (χ1n) is 6.89. The molecule has 1 aromatic rings. The molecule has 1 rings (SSSR count). The van der Waals surface area contributed by atoms with Crippen molar-refractivity contribution in [1.82, 2.24) is 5.43 Å². The molecular formula is C16H28N2O. The third-order valence-corrected chi connectivity index (χ3v) is 3.24. The Labute approximate surface area is 117 Å². The molecule has 0 saturated heterocycles. The highest BCUT2D eigenvalue weighted by Gasteiger charge is 2.16. The first kappa shape index (κ1) is 16.2. The highest BCUT2D eigenvalue weighted by molar-refractivity contribution is 5.38. The van der Waals surface area contributed by atoms with E-state index in [1.165, 1.54) is 22.3 Å². The summed E-state index contributed by atoms with van der Waals surface area (Å²) in [5.41, 5.74) is 8.06. The Morgan fingerprint density at radius 2 is 1.68 bits per heavy atom. The summed E-state index contributed by atoms with van der Waals surface area (Å²) in [7, 11) is 0. The van der Waals surface area contributed by atoms with E-state index in [1.54, 1.807) is 0 Å². The smallest absolute Gasteiger partial charge is 0.0643 e. The number of nitrogens with two attached hydrogens (primary N) is 1. The normalized spacial score (nSPS) is 13.6. The standard InChI is InChI=1S/C16H28N2O/c1-11-7-12(2)15(13(3)8-11)9-14(18-17)10-19-16(4,5)6/h7-8,14,18H,9-10,17H2,1-6H3. The van der Waals surface area contributed by atoms with Gasteiger partial charge < -0.3 is 4.74 Å². The van der Waals surface area contributed by atoms with Gasteiger partial charge in [0.15, 0.2) is 0 Å². The second kappa shape index (κ2) is 6.51. The zero-order chi connectivity index (χ0) is 14.6. The molecule has 19 heavy (non-hydrogen) atoms. The van der Waals surface area contributed by atoms with Crippen LogP contribution in [0, 0.1) is 20.8 Å². The van der Waals surface area contributed by atoms with Crippen molar-refractivity contribution < 1.29 is 4.74 Å². The molecule has 0 heterocycles. The van der Waals surface area contributed by atoms with Gasteiger partial charge in [-0.05, 0) is 64.7 Å². The Balaban J connectivity index is 2.76. The summed E-state index contributed by atoms with van der Waals surface area (Å²) in [5.74, 6) is 5.65. The summed E-state index contributed by atoms with van der Waals surface area (Å²) in [6.45, 7) is 13.2. The Morgan fingerprint density at radius 3 is 2.11 bits per heavy atom. The number of hydrogen-bond acceptors (Lipinski definition) is 3. The molecule has 108 valence electrons. The van der Waals surface area contributed by atoms with Crippen LogP contribution in [0.2, 0.25) is 0 Å². The lowest BCUT2D eigenvalue weighted by Crippen LogP contribution is -2.42. The molecule has 3 nitrogen and oxygen atoms in total. The molecule has 0 bridgehead atoms. The topological polar surface area (TPSA) is 47.3 Å². The summed E-state index contributed by atoms with van der Waals surface area (Å²) in [4.78, 5) is 0. The highest BCUT2D eigenvalue weighted by Crippen LogP contribution is 2.18. The zero-order valence-corrected chi connectivity index (χ0v) is 13.1. The number of benzene rings is 1. The van der Waals surface area contributed by atoms with Crippen LogP contribution in [0.3, 0.4) is 0 Å². The van der Waals surface area contributed by atoms with Crippen LogP contribution in [-0.2, 0) is 11.2 Å². The van der Waals surface area contributed by atoms with Crippen LogP contribution in [0.1, 0.15) is 43.0 Å². The van der Waals surface area contributed by atoms with Gasteiger partial charge in [-0.25, -0.2) is 0 Å². The monoisotopic (exact) mass is 264 g/mol. The van der Waals surface area contributed by atoms with Gasteiger partial charge >= 0.3 is 0 Å². The summed E-state index contributed by atoms with van der Waals surface area (Å²) in [6.07, 6.45) is 0.893. The van der Waals surface area contributed by atoms with Crippen LogP contribution in [0.15, 0.2) is 12.1 Å². The fraction of sp³-hybridized carbons (Fsp3) is 0.625. The molecule has 0 aliphatic rings. The Kier molecular flexibility index (Phi) is 5.53. The first-order chi connectivity index (χ1) is 8.73. The summed E-state index contributed by atoms with van der Waals surface area (Å²) in [6, 6.07) is 4.58. The van der Waals surface area contributed by atoms with Crippen molar-refractivity contribution in [2.45, 2.75) is 59.6 Å². The number of ether oxygens (including phenoxy) is 1. The maximum absolute atomic E-state index is 5.82. The maximum atomic E-state index is 5.82. The third-order valence-electron chi connectivity index (χ3n) is 3.24. The quantitative estimate of drug-likeness (QED) is 0.635. The van der Waals surface area contributed by atoms with Crippen molar-refractivity contribution >= 4 is 0 Å². The van der Waals surface area contributed by atoms with Gasteiger partial charge in [0.1, 0.15) is 0 Å². The van der Waals surface area contributed by atoms with Crippen LogP contribution in [0.4, 0.5) is 0 Å². The van der Waals surface area contributed by atoms with Gasteiger partial charge in [-0.15, -0.1) is 0 Å². The molecule has 0 fully saturated rings. The lowest BCUT2D eigenvalue weighted by Gasteiger charge is -2.25. The van der Waals surface area contributed by atoms with Crippen molar-refractivity contribution in [3.05, 3.63) is 34.4 Å². The van der Waals surface area contributed by atoms with Gasteiger partial charge in [0.25, 0.3) is 0 Å². The van der Waals surface area contributed by atoms with E-state index in [9.17, 15) is 0 Å². The molecule has 0 aliphatic heterocycles. The van der Waals surface area contributed by atoms with Crippen LogP contribution in [0.25, 0.3) is 0 Å². The maximum Gasteiger partial charge on any atom is 0.0643 e. The number of aryl methyl sites for hydroxylation is 3. The number of hydrazine groups is 1. The second-order valence-corrected chi connectivity index (χ2v) is 6.37. The number of rotatable bonds is 5. The molecule has 3 N–H and O–H groups in total. The van der Waals surface area contributed by atoms with Gasteiger partial charge in [-0.1, -0.05) is 17.7 Å². The van der Waals surface area contributed by atoms with Crippen molar-refractivity contribution in [1.29, 1.82) is 0 Å². The molecule has 0 saturated carbocycles. The van der Waals surface area contributed by atoms with E-state index in [0.717, 1.165) is 6.42 Å². The minimum absolute atomic E-state index is 0.132. The summed E-state index contributed by atoms with van der Waals surface area (Å²) >= 11 is 0. The molecule has 0 radical (unpaired) electrons. The average molecular weight is 264 g/mol. The van der Waals surface area contributed by atoms with Gasteiger partial charge in [0.2, 0.25) is 0 Å². The SMILES string of the molecule is Cc1cc(C)c(CC(COC(C)(C)C)NN)c(C)c1. The fourth-order valence-corrected chi connectivity index (χ4v) is 2.29. The Hall–Kier alpha value is -0.900. The van der Waals surface area contributed by atoms with E-state index < -0.39 is 0 Å². The first-order valence-corrected chi connectivity index (χ1v) is 6.89. The van der Waals surface area contributed by atoms with Crippen molar-refractivity contribution in [2.75, 3.05) is 6.61 Å². The minimum Gasteiger partial charge on any atom is -0.374 e. The van der Waals surface area contributed by atoms with E-state index in [2.05, 4.69) is 59.1 Å². The third kappa shape index (κ3) is 5.31. The fourth-order valence-electron chi connectivity index (χ4n) is 2.29. The van der Waals surface area contributed by atoms with Crippen molar-refractivity contribution in [3.63, 3.8) is 0 Å². The average Bonchev–Trinajstić information content (AvgIpc) is 2.25. The van der Waals surface area contributed by atoms with E-state index in [1.807, 2.05) is 0 Å². The van der Waals surface area contributed by atoms with Gasteiger partial charge in [0, 0.05) is 6.04 Å². The molecule has 1 atom stereocenters. The Bertz CT molecular complexity index is 398. The molecule has 1 aromatic carbocycles. The molecule has 0 aromatic heterocycles. The van der Waals surface area contributed by atoms with E-state index in [-0.39, 0.29) is 11.6 Å². The van der Waals surface area contributed by atoms with Crippen LogP contribution < -0.4 is 11.3 Å². The predicted octanol–water partition coefficient (Wildman–Crippen LogP) is 2.80.